The molecule has 0 N–H and O–H groups in total. The second-order valence-electron chi connectivity index (χ2n) is 15.4. The van der Waals surface area contributed by atoms with Gasteiger partial charge in [-0.25, -0.2) is 20.0 Å². The third kappa shape index (κ3) is 7.06. The fraction of sp³-hybridized carbons (Fsp3) is 0.154. The molecule has 0 atom stereocenters. The van der Waals surface area contributed by atoms with Crippen molar-refractivity contribution in [1.82, 2.24) is 9.97 Å². The molecule has 5 aliphatic rings. The van der Waals surface area contributed by atoms with Gasteiger partial charge in [-0.2, -0.15) is 0 Å². The van der Waals surface area contributed by atoms with Crippen LogP contribution in [-0.4, -0.2) is 32.8 Å². The maximum absolute atomic E-state index is 4.96. The first-order valence-corrected chi connectivity index (χ1v) is 19.8. The van der Waals surface area contributed by atoms with Gasteiger partial charge in [-0.1, -0.05) is 72.8 Å². The number of nitrogens with zero attached hydrogens (tertiary/aromatic N) is 6. The third-order valence-corrected chi connectivity index (χ3v) is 12.2. The molecular weight excluding hydrogens is 904 g/mol. The molecule has 7 heteroatoms. The molecule has 0 radical (unpaired) electrons. The van der Waals surface area contributed by atoms with E-state index in [4.69, 9.17) is 20.0 Å². The minimum atomic E-state index is 0. The predicted octanol–water partition coefficient (Wildman–Crippen LogP) is 12.8. The van der Waals surface area contributed by atoms with Crippen molar-refractivity contribution >= 4 is 44.7 Å². The molecule has 292 valence electrons. The van der Waals surface area contributed by atoms with Crippen molar-refractivity contribution in [3.8, 4) is 22.3 Å². The number of pyridine rings is 2. The van der Waals surface area contributed by atoms with Crippen molar-refractivity contribution in [1.29, 1.82) is 0 Å². The Bertz CT molecular complexity index is 2700. The summed E-state index contributed by atoms with van der Waals surface area (Å²) >= 11 is 0. The monoisotopic (exact) mass is 947 g/mol. The van der Waals surface area contributed by atoms with Crippen molar-refractivity contribution in [2.75, 3.05) is 0 Å². The van der Waals surface area contributed by atoms with Crippen LogP contribution in [0.25, 0.3) is 44.1 Å². The van der Waals surface area contributed by atoms with Crippen LogP contribution >= 0.6 is 0 Å². The Morgan fingerprint density at radius 2 is 0.610 bits per heavy atom. The summed E-state index contributed by atoms with van der Waals surface area (Å²) in [6.45, 7) is 17.1. The minimum Gasteiger partial charge on any atom is -0.254 e. The normalized spacial score (nSPS) is 17.2. The third-order valence-electron chi connectivity index (χ3n) is 12.2. The molecule has 5 aliphatic heterocycles. The van der Waals surface area contributed by atoms with Gasteiger partial charge in [0.25, 0.3) is 0 Å². The van der Waals surface area contributed by atoms with Crippen molar-refractivity contribution in [2.45, 2.75) is 55.4 Å². The number of aliphatic imine (C=N–C) groups is 4. The average Bonchev–Trinajstić information content (AvgIpc) is 3.87. The van der Waals surface area contributed by atoms with E-state index in [1.807, 2.05) is 24.5 Å². The molecule has 0 unspecified atom stereocenters. The van der Waals surface area contributed by atoms with Gasteiger partial charge in [0.05, 0.1) is 56.7 Å². The van der Waals surface area contributed by atoms with E-state index in [-0.39, 0.29) is 21.1 Å². The van der Waals surface area contributed by atoms with Crippen molar-refractivity contribution in [2.24, 2.45) is 20.0 Å². The van der Waals surface area contributed by atoms with E-state index in [0.29, 0.717) is 0 Å². The number of allylic oxidation sites excluding steroid dienone is 12. The van der Waals surface area contributed by atoms with Crippen LogP contribution in [0.15, 0.2) is 209 Å². The quantitative estimate of drug-likeness (QED) is 0.165. The Morgan fingerprint density at radius 3 is 0.898 bits per heavy atom. The van der Waals surface area contributed by atoms with Crippen molar-refractivity contribution < 1.29 is 21.1 Å². The molecule has 5 aromatic rings. The number of rotatable bonds is 2. The number of aromatic nitrogens is 2. The molecule has 7 heterocycles. The largest absolute Gasteiger partial charge is 0.254 e. The van der Waals surface area contributed by atoms with Crippen LogP contribution < -0.4 is 0 Å². The molecule has 6 nitrogen and oxygen atoms in total. The Kier molecular flexibility index (Phi) is 10.6. The molecule has 2 aromatic heterocycles. The van der Waals surface area contributed by atoms with E-state index in [2.05, 4.69) is 162 Å². The summed E-state index contributed by atoms with van der Waals surface area (Å²) in [4.78, 5) is 29.2. The van der Waals surface area contributed by atoms with Gasteiger partial charge in [0.15, 0.2) is 0 Å². The summed E-state index contributed by atoms with van der Waals surface area (Å²) in [5.74, 6) is 0. The van der Waals surface area contributed by atoms with E-state index in [9.17, 15) is 0 Å². The smallest absolute Gasteiger partial charge is 0.0970 e. The molecule has 10 rings (SSSR count). The van der Waals surface area contributed by atoms with Gasteiger partial charge in [-0.05, 0) is 159 Å². The maximum atomic E-state index is 4.96. The Labute approximate surface area is 360 Å². The number of hydrogen-bond donors (Lipinski definition) is 0. The van der Waals surface area contributed by atoms with Crippen LogP contribution in [0.5, 0.6) is 0 Å². The topological polar surface area (TPSA) is 75.2 Å². The first-order valence-electron chi connectivity index (χ1n) is 19.8. The van der Waals surface area contributed by atoms with E-state index in [0.717, 1.165) is 67.4 Å². The van der Waals surface area contributed by atoms with Gasteiger partial charge in [-0.3, -0.25) is 9.97 Å². The molecule has 0 saturated heterocycles. The minimum absolute atomic E-state index is 0. The standard InChI is InChI=1S/C28H28N4.C24H16N2.Pt/c1-13-14(2)22-10-24-17(5)18(6)26(31-24)12-28-20(8)19(7)27(32-28)11-25-16(4)15(3)23(30-25)9-21(13)29-22;1-3-7-17(8-4-1)19-13-15-25-23-21(19)11-12-22-20(14-16-26-24(22)23)18-9-5-2-6-10-18;/h9-12H,1-8H3;1-16H;. The first-order chi connectivity index (χ1) is 28.1. The summed E-state index contributed by atoms with van der Waals surface area (Å²) in [6, 6.07) is 29.3. The van der Waals surface area contributed by atoms with Gasteiger partial charge in [0, 0.05) is 44.2 Å². The molecule has 0 fully saturated rings. The van der Waals surface area contributed by atoms with E-state index < -0.39 is 0 Å². The molecule has 0 aliphatic carbocycles. The Morgan fingerprint density at radius 1 is 0.322 bits per heavy atom. The second-order valence-corrected chi connectivity index (χ2v) is 15.4. The van der Waals surface area contributed by atoms with Gasteiger partial charge < -0.3 is 0 Å². The summed E-state index contributed by atoms with van der Waals surface area (Å²) in [6.07, 6.45) is 12.2. The molecular formula is C52H44N6Pt. The van der Waals surface area contributed by atoms with Crippen LogP contribution in [0.2, 0.25) is 0 Å². The summed E-state index contributed by atoms with van der Waals surface area (Å²) in [5.41, 5.74) is 23.9. The fourth-order valence-electron chi connectivity index (χ4n) is 7.94. The molecule has 59 heavy (non-hydrogen) atoms. The average molecular weight is 948 g/mol. The van der Waals surface area contributed by atoms with E-state index in [1.54, 1.807) is 0 Å². The number of fused-ring (bicyclic) bond motifs is 7. The Balaban J connectivity index is 0.000000164. The Hall–Kier alpha value is -6.23. The van der Waals surface area contributed by atoms with E-state index in [1.165, 1.54) is 66.8 Å². The number of hydrogen-bond acceptors (Lipinski definition) is 6. The van der Waals surface area contributed by atoms with Gasteiger partial charge in [-0.15, -0.1) is 0 Å². The zero-order chi connectivity index (χ0) is 40.2. The maximum Gasteiger partial charge on any atom is 0.0970 e. The summed E-state index contributed by atoms with van der Waals surface area (Å²) in [7, 11) is 0. The molecule has 0 spiro atoms. The zero-order valence-corrected chi connectivity index (χ0v) is 36.8. The van der Waals surface area contributed by atoms with Crippen LogP contribution in [0.3, 0.4) is 0 Å². The van der Waals surface area contributed by atoms with Gasteiger partial charge in [0.1, 0.15) is 0 Å². The van der Waals surface area contributed by atoms with Crippen LogP contribution in [0.1, 0.15) is 55.4 Å². The second kappa shape index (κ2) is 15.8. The first kappa shape index (κ1) is 39.6. The molecule has 3 aromatic carbocycles. The van der Waals surface area contributed by atoms with Crippen molar-refractivity contribution in [3.05, 3.63) is 189 Å². The summed E-state index contributed by atoms with van der Waals surface area (Å²) < 4.78 is 0. The van der Waals surface area contributed by atoms with Crippen LogP contribution in [-0.2, 0) is 21.1 Å². The SMILES string of the molecule is CC1=C(C)C2=NC1=CC1=NC(=CC3=NC(=CC4=NC(=C2)C(C)=C4C)C(C)=C3C)C(C)=C1C.[Pt].c1ccc(-c2ccnc3c2ccc2c(-c4ccccc4)ccnc23)cc1. The van der Waals surface area contributed by atoms with Crippen LogP contribution in [0.4, 0.5) is 0 Å². The zero-order valence-electron chi connectivity index (χ0n) is 34.5. The summed E-state index contributed by atoms with van der Waals surface area (Å²) in [5, 5.41) is 2.26. The van der Waals surface area contributed by atoms with Crippen molar-refractivity contribution in [3.63, 3.8) is 0 Å². The molecule has 0 saturated carbocycles. The molecule has 0 amide bonds. The van der Waals surface area contributed by atoms with Gasteiger partial charge >= 0.3 is 0 Å². The fourth-order valence-corrected chi connectivity index (χ4v) is 7.94. The molecule has 8 bridgehead atoms. The van der Waals surface area contributed by atoms with Crippen LogP contribution in [0, 0.1) is 0 Å². The van der Waals surface area contributed by atoms with E-state index >= 15 is 0 Å². The van der Waals surface area contributed by atoms with Gasteiger partial charge in [0.2, 0.25) is 0 Å². The predicted molar refractivity (Wildman–Crippen MR) is 243 cm³/mol. The number of benzene rings is 3.